The number of rotatable bonds is 8. The fourth-order valence-corrected chi connectivity index (χ4v) is 3.91. The molecule has 0 atom stereocenters. The molecule has 0 aliphatic rings. The van der Waals surface area contributed by atoms with E-state index in [1.54, 1.807) is 4.57 Å². The number of carboxylic acid groups (broad SMARTS) is 1. The van der Waals surface area contributed by atoms with Gasteiger partial charge in [0, 0.05) is 24.4 Å². The van der Waals surface area contributed by atoms with E-state index in [-0.39, 0.29) is 12.0 Å². The molecule has 0 spiro atoms. The predicted octanol–water partition coefficient (Wildman–Crippen LogP) is 4.15. The van der Waals surface area contributed by atoms with Crippen LogP contribution in [0.25, 0.3) is 10.2 Å². The van der Waals surface area contributed by atoms with E-state index in [0.717, 1.165) is 16.9 Å². The van der Waals surface area contributed by atoms with Gasteiger partial charge in [-0.3, -0.25) is 14.2 Å². The molecule has 1 N–H and O–H groups in total. The Morgan fingerprint density at radius 2 is 2.00 bits per heavy atom. The lowest BCUT2D eigenvalue weighted by Crippen LogP contribution is -2.25. The van der Waals surface area contributed by atoms with Gasteiger partial charge in [-0.1, -0.05) is 29.8 Å². The minimum atomic E-state index is -0.817. The summed E-state index contributed by atoms with van der Waals surface area (Å²) in [5.74, 6) is -0.0979. The molecule has 0 aliphatic carbocycles. The molecule has 5 nitrogen and oxygen atoms in total. The number of benzene rings is 1. The van der Waals surface area contributed by atoms with Gasteiger partial charge in [-0.2, -0.15) is 0 Å². The van der Waals surface area contributed by atoms with Crippen molar-refractivity contribution in [3.8, 4) is 0 Å². The zero-order valence-electron chi connectivity index (χ0n) is 14.2. The first kappa shape index (κ1) is 18.6. The molecule has 7 heteroatoms. The molecule has 3 rings (SSSR count). The summed E-state index contributed by atoms with van der Waals surface area (Å²) in [5.41, 5.74) is 1.69. The zero-order valence-corrected chi connectivity index (χ0v) is 15.7. The van der Waals surface area contributed by atoms with Gasteiger partial charge in [0.05, 0.1) is 5.52 Å². The first-order valence-electron chi connectivity index (χ1n) is 8.48. The van der Waals surface area contributed by atoms with E-state index < -0.39 is 5.97 Å². The number of aryl methyl sites for hydroxylation is 2. The first-order chi connectivity index (χ1) is 12.6. The van der Waals surface area contributed by atoms with Crippen LogP contribution in [0.4, 0.5) is 0 Å². The SMILES string of the molecule is O=C(O)CCCCn1c(CCc2ccccc2Cl)nc2ccsc2c1=O. The summed E-state index contributed by atoms with van der Waals surface area (Å²) >= 11 is 7.62. The predicted molar refractivity (Wildman–Crippen MR) is 104 cm³/mol. The highest BCUT2D eigenvalue weighted by Crippen LogP contribution is 2.19. The van der Waals surface area contributed by atoms with Gasteiger partial charge in [0.1, 0.15) is 10.5 Å². The van der Waals surface area contributed by atoms with Gasteiger partial charge in [0.25, 0.3) is 5.56 Å². The maximum atomic E-state index is 12.8. The molecular formula is C19H19ClN2O3S. The molecule has 3 aromatic rings. The monoisotopic (exact) mass is 390 g/mol. The fourth-order valence-electron chi connectivity index (χ4n) is 2.90. The third-order valence-corrected chi connectivity index (χ3v) is 5.50. The van der Waals surface area contributed by atoms with Gasteiger partial charge in [-0.05, 0) is 42.3 Å². The topological polar surface area (TPSA) is 72.2 Å². The maximum absolute atomic E-state index is 12.8. The number of fused-ring (bicyclic) bond motifs is 1. The molecule has 0 saturated carbocycles. The van der Waals surface area contributed by atoms with Crippen molar-refractivity contribution < 1.29 is 9.90 Å². The second-order valence-electron chi connectivity index (χ2n) is 6.06. The van der Waals surface area contributed by atoms with Crippen LogP contribution in [-0.4, -0.2) is 20.6 Å². The number of hydrogen-bond donors (Lipinski definition) is 1. The number of thiophene rings is 1. The lowest BCUT2D eigenvalue weighted by Gasteiger charge is -2.13. The fraction of sp³-hybridized carbons (Fsp3) is 0.316. The van der Waals surface area contributed by atoms with Crippen molar-refractivity contribution in [1.29, 1.82) is 0 Å². The molecule has 0 bridgehead atoms. The van der Waals surface area contributed by atoms with Crippen molar-refractivity contribution in [1.82, 2.24) is 9.55 Å². The number of hydrogen-bond acceptors (Lipinski definition) is 4. The number of carboxylic acids is 1. The van der Waals surface area contributed by atoms with Crippen molar-refractivity contribution in [2.75, 3.05) is 0 Å². The van der Waals surface area contributed by atoms with Crippen LogP contribution in [-0.2, 0) is 24.2 Å². The quantitative estimate of drug-likeness (QED) is 0.586. The molecular weight excluding hydrogens is 372 g/mol. The third-order valence-electron chi connectivity index (χ3n) is 4.24. The summed E-state index contributed by atoms with van der Waals surface area (Å²) in [4.78, 5) is 28.2. The highest BCUT2D eigenvalue weighted by molar-refractivity contribution is 7.17. The van der Waals surface area contributed by atoms with Crippen LogP contribution < -0.4 is 5.56 Å². The Labute approximate surface area is 159 Å². The molecule has 0 radical (unpaired) electrons. The van der Waals surface area contributed by atoms with E-state index in [9.17, 15) is 9.59 Å². The van der Waals surface area contributed by atoms with Crippen LogP contribution >= 0.6 is 22.9 Å². The van der Waals surface area contributed by atoms with Crippen LogP contribution in [0, 0.1) is 0 Å². The van der Waals surface area contributed by atoms with Crippen molar-refractivity contribution in [2.45, 2.75) is 38.6 Å². The van der Waals surface area contributed by atoms with Gasteiger partial charge in [0.2, 0.25) is 0 Å². The molecule has 0 unspecified atom stereocenters. The Morgan fingerprint density at radius 1 is 1.19 bits per heavy atom. The van der Waals surface area contributed by atoms with Crippen molar-refractivity contribution in [3.63, 3.8) is 0 Å². The minimum Gasteiger partial charge on any atom is -0.481 e. The molecule has 0 aliphatic heterocycles. The lowest BCUT2D eigenvalue weighted by molar-refractivity contribution is -0.137. The van der Waals surface area contributed by atoms with Gasteiger partial charge < -0.3 is 5.11 Å². The Morgan fingerprint density at radius 3 is 2.77 bits per heavy atom. The highest BCUT2D eigenvalue weighted by Gasteiger charge is 2.13. The lowest BCUT2D eigenvalue weighted by atomic mass is 10.1. The van der Waals surface area contributed by atoms with Gasteiger partial charge >= 0.3 is 5.97 Å². The second-order valence-corrected chi connectivity index (χ2v) is 7.39. The van der Waals surface area contributed by atoms with E-state index in [2.05, 4.69) is 4.98 Å². The van der Waals surface area contributed by atoms with E-state index in [1.165, 1.54) is 11.3 Å². The summed E-state index contributed by atoms with van der Waals surface area (Å²) in [5, 5.41) is 11.4. The van der Waals surface area contributed by atoms with Gasteiger partial charge in [-0.15, -0.1) is 11.3 Å². The Hall–Kier alpha value is -2.18. The molecule has 2 heterocycles. The van der Waals surface area contributed by atoms with Gasteiger partial charge in [-0.25, -0.2) is 4.98 Å². The van der Waals surface area contributed by atoms with Crippen LogP contribution in [0.1, 0.15) is 30.7 Å². The minimum absolute atomic E-state index is 0.0468. The normalized spacial score (nSPS) is 11.1. The van der Waals surface area contributed by atoms with E-state index in [0.29, 0.717) is 42.0 Å². The molecule has 1 aromatic carbocycles. The standard InChI is InChI=1S/C19H19ClN2O3S/c20-14-6-2-1-5-13(14)8-9-16-21-15-10-12-26-18(15)19(25)22(16)11-4-3-7-17(23)24/h1-2,5-6,10,12H,3-4,7-9,11H2,(H,23,24). The Kier molecular flexibility index (Phi) is 6.06. The number of aromatic nitrogens is 2. The number of carbonyl (C=O) groups is 1. The van der Waals surface area contributed by atoms with Crippen LogP contribution in [0.2, 0.25) is 5.02 Å². The summed E-state index contributed by atoms with van der Waals surface area (Å²) in [7, 11) is 0. The van der Waals surface area contributed by atoms with E-state index in [4.69, 9.17) is 16.7 Å². The molecule has 136 valence electrons. The van der Waals surface area contributed by atoms with Crippen molar-refractivity contribution in [2.24, 2.45) is 0 Å². The summed E-state index contributed by atoms with van der Waals surface area (Å²) in [6, 6.07) is 9.51. The first-order valence-corrected chi connectivity index (χ1v) is 9.74. The average Bonchev–Trinajstić information content (AvgIpc) is 3.08. The molecule has 2 aromatic heterocycles. The number of halogens is 1. The smallest absolute Gasteiger partial charge is 0.303 e. The molecule has 0 fully saturated rings. The number of aliphatic carboxylic acids is 1. The summed E-state index contributed by atoms with van der Waals surface area (Å²) in [6.45, 7) is 0.477. The summed E-state index contributed by atoms with van der Waals surface area (Å²) < 4.78 is 2.34. The number of nitrogens with zero attached hydrogens (tertiary/aromatic N) is 2. The molecule has 26 heavy (non-hydrogen) atoms. The Bertz CT molecular complexity index is 980. The largest absolute Gasteiger partial charge is 0.481 e. The zero-order chi connectivity index (χ0) is 18.5. The van der Waals surface area contributed by atoms with Crippen molar-refractivity contribution >= 4 is 39.1 Å². The Balaban J connectivity index is 1.84. The summed E-state index contributed by atoms with van der Waals surface area (Å²) in [6.07, 6.45) is 2.57. The molecule has 0 amide bonds. The third kappa shape index (κ3) is 4.31. The van der Waals surface area contributed by atoms with Crippen LogP contribution in [0.3, 0.4) is 0 Å². The van der Waals surface area contributed by atoms with Gasteiger partial charge in [0.15, 0.2) is 0 Å². The average molecular weight is 391 g/mol. The van der Waals surface area contributed by atoms with E-state index >= 15 is 0 Å². The van der Waals surface area contributed by atoms with Crippen molar-refractivity contribution in [3.05, 3.63) is 62.5 Å². The van der Waals surface area contributed by atoms with Crippen LogP contribution in [0.5, 0.6) is 0 Å². The molecule has 0 saturated heterocycles. The van der Waals surface area contributed by atoms with E-state index in [1.807, 2.05) is 35.7 Å². The second kappa shape index (κ2) is 8.47. The van der Waals surface area contributed by atoms with Crippen LogP contribution in [0.15, 0.2) is 40.5 Å². The highest BCUT2D eigenvalue weighted by atomic mass is 35.5. The maximum Gasteiger partial charge on any atom is 0.303 e. The number of unbranched alkanes of at least 4 members (excludes halogenated alkanes) is 1.